The van der Waals surface area contributed by atoms with Crippen LogP contribution in [0.5, 0.6) is 0 Å². The smallest absolute Gasteiger partial charge is 0.229 e. The average Bonchev–Trinajstić information content (AvgIpc) is 2.88. The number of likely N-dealkylation sites (tertiary alicyclic amines) is 1. The van der Waals surface area contributed by atoms with Crippen LogP contribution in [0.15, 0.2) is 30.3 Å². The second-order valence-corrected chi connectivity index (χ2v) is 6.31. The van der Waals surface area contributed by atoms with Crippen molar-refractivity contribution in [1.29, 1.82) is 0 Å². The summed E-state index contributed by atoms with van der Waals surface area (Å²) in [4.78, 5) is 13.9. The number of thioether (sulfide) groups is 1. The van der Waals surface area contributed by atoms with Gasteiger partial charge in [0, 0.05) is 19.6 Å². The topological polar surface area (TPSA) is 32.3 Å². The summed E-state index contributed by atoms with van der Waals surface area (Å²) in [6.07, 6.45) is 4.31. The highest BCUT2D eigenvalue weighted by atomic mass is 32.2. The summed E-state index contributed by atoms with van der Waals surface area (Å²) < 4.78 is 0. The van der Waals surface area contributed by atoms with Gasteiger partial charge < -0.3 is 5.32 Å². The number of carbonyl (C=O) groups excluding carboxylic acids is 1. The largest absolute Gasteiger partial charge is 0.355 e. The molecule has 0 bridgehead atoms. The predicted octanol–water partition coefficient (Wildman–Crippen LogP) is 2.38. The molecule has 0 aliphatic carbocycles. The van der Waals surface area contributed by atoms with Crippen LogP contribution in [0.25, 0.3) is 0 Å². The molecular formula is C16H24N2OS. The van der Waals surface area contributed by atoms with Gasteiger partial charge in [0.25, 0.3) is 0 Å². The molecule has 110 valence electrons. The molecule has 0 unspecified atom stereocenters. The van der Waals surface area contributed by atoms with Crippen LogP contribution in [0.1, 0.15) is 18.4 Å². The van der Waals surface area contributed by atoms with Gasteiger partial charge in [0.05, 0.1) is 5.75 Å². The summed E-state index contributed by atoms with van der Waals surface area (Å²) in [6.45, 7) is 4.21. The molecule has 1 saturated heterocycles. The van der Waals surface area contributed by atoms with Crippen LogP contribution >= 0.6 is 11.8 Å². The first-order valence-electron chi connectivity index (χ1n) is 7.30. The highest BCUT2D eigenvalue weighted by Gasteiger charge is 2.22. The van der Waals surface area contributed by atoms with Crippen molar-refractivity contribution in [2.24, 2.45) is 5.92 Å². The van der Waals surface area contributed by atoms with Crippen LogP contribution in [-0.2, 0) is 11.3 Å². The van der Waals surface area contributed by atoms with Gasteiger partial charge in [-0.1, -0.05) is 30.3 Å². The van der Waals surface area contributed by atoms with Gasteiger partial charge in [-0.2, -0.15) is 11.8 Å². The van der Waals surface area contributed by atoms with Gasteiger partial charge >= 0.3 is 0 Å². The molecule has 0 aromatic heterocycles. The lowest BCUT2D eigenvalue weighted by atomic mass is 10.1. The van der Waals surface area contributed by atoms with E-state index in [9.17, 15) is 4.79 Å². The Morgan fingerprint density at radius 1 is 1.40 bits per heavy atom. The Morgan fingerprint density at radius 3 is 2.95 bits per heavy atom. The molecule has 1 N–H and O–H groups in total. The molecule has 3 nitrogen and oxygen atoms in total. The highest BCUT2D eigenvalue weighted by molar-refractivity contribution is 7.99. The predicted molar refractivity (Wildman–Crippen MR) is 85.8 cm³/mol. The second-order valence-electron chi connectivity index (χ2n) is 5.45. The van der Waals surface area contributed by atoms with Crippen LogP contribution in [0, 0.1) is 5.92 Å². The first-order chi connectivity index (χ1) is 9.78. The van der Waals surface area contributed by atoms with Crippen molar-refractivity contribution in [3.05, 3.63) is 35.9 Å². The molecule has 0 radical (unpaired) electrons. The van der Waals surface area contributed by atoms with E-state index in [1.54, 1.807) is 11.8 Å². The van der Waals surface area contributed by atoms with Crippen LogP contribution in [-0.4, -0.2) is 42.4 Å². The Bertz CT molecular complexity index is 410. The van der Waals surface area contributed by atoms with E-state index in [0.717, 1.165) is 32.0 Å². The number of amides is 1. The summed E-state index contributed by atoms with van der Waals surface area (Å²) in [5.74, 6) is 1.47. The average molecular weight is 292 g/mol. The molecule has 20 heavy (non-hydrogen) atoms. The van der Waals surface area contributed by atoms with Crippen molar-refractivity contribution in [3.63, 3.8) is 0 Å². The minimum atomic E-state index is 0.164. The molecule has 0 spiro atoms. The maximum Gasteiger partial charge on any atom is 0.229 e. The van der Waals surface area contributed by atoms with E-state index >= 15 is 0 Å². The third kappa shape index (κ3) is 5.17. The van der Waals surface area contributed by atoms with Crippen LogP contribution in [0.2, 0.25) is 0 Å². The van der Waals surface area contributed by atoms with E-state index in [0.29, 0.717) is 5.75 Å². The molecule has 1 aliphatic heterocycles. The number of nitrogens with zero attached hydrogens (tertiary/aromatic N) is 1. The van der Waals surface area contributed by atoms with Crippen molar-refractivity contribution < 1.29 is 4.79 Å². The monoisotopic (exact) mass is 292 g/mol. The fraction of sp³-hybridized carbons (Fsp3) is 0.562. The fourth-order valence-corrected chi connectivity index (χ4v) is 3.10. The lowest BCUT2D eigenvalue weighted by Crippen LogP contribution is -2.28. The standard InChI is InChI=1S/C16H24N2OS/c1-20-13-16(19)17-9-7-15-8-10-18(12-15)11-14-5-3-2-4-6-14/h2-6,15H,7-13H2,1H3,(H,17,19)/t15-/m1/s1. The molecule has 1 atom stereocenters. The van der Waals surface area contributed by atoms with Crippen LogP contribution < -0.4 is 5.32 Å². The molecule has 1 amide bonds. The van der Waals surface area contributed by atoms with Crippen molar-refractivity contribution in [2.45, 2.75) is 19.4 Å². The Balaban J connectivity index is 1.64. The van der Waals surface area contributed by atoms with Crippen LogP contribution in [0.3, 0.4) is 0 Å². The van der Waals surface area contributed by atoms with Crippen molar-refractivity contribution in [1.82, 2.24) is 10.2 Å². The van der Waals surface area contributed by atoms with Gasteiger partial charge in [-0.05, 0) is 37.1 Å². The first-order valence-corrected chi connectivity index (χ1v) is 8.69. The van der Waals surface area contributed by atoms with E-state index in [2.05, 4.69) is 40.5 Å². The number of nitrogens with one attached hydrogen (secondary N) is 1. The zero-order valence-electron chi connectivity index (χ0n) is 12.2. The normalized spacial score (nSPS) is 19.1. The van der Waals surface area contributed by atoms with E-state index in [1.165, 1.54) is 18.5 Å². The van der Waals surface area contributed by atoms with Crippen molar-refractivity contribution >= 4 is 17.7 Å². The van der Waals surface area contributed by atoms with Crippen LogP contribution in [0.4, 0.5) is 0 Å². The number of hydrogen-bond donors (Lipinski definition) is 1. The molecule has 1 aromatic rings. The highest BCUT2D eigenvalue weighted by Crippen LogP contribution is 2.20. The van der Waals surface area contributed by atoms with E-state index in [1.807, 2.05) is 6.26 Å². The molecule has 0 saturated carbocycles. The molecular weight excluding hydrogens is 268 g/mol. The summed E-state index contributed by atoms with van der Waals surface area (Å²) in [5.41, 5.74) is 1.39. The third-order valence-electron chi connectivity index (χ3n) is 3.77. The number of carbonyl (C=O) groups is 1. The molecule has 1 heterocycles. The number of benzene rings is 1. The van der Waals surface area contributed by atoms with Crippen molar-refractivity contribution in [2.75, 3.05) is 31.6 Å². The van der Waals surface area contributed by atoms with Gasteiger partial charge in [-0.25, -0.2) is 0 Å². The first kappa shape index (κ1) is 15.4. The molecule has 4 heteroatoms. The van der Waals surface area contributed by atoms with E-state index in [4.69, 9.17) is 0 Å². The zero-order chi connectivity index (χ0) is 14.2. The SMILES string of the molecule is CSCC(=O)NCC[C@@H]1CCN(Cc2ccccc2)C1. The molecule has 1 aliphatic rings. The summed E-state index contributed by atoms with van der Waals surface area (Å²) in [7, 11) is 0. The van der Waals surface area contributed by atoms with Gasteiger partial charge in [0.15, 0.2) is 0 Å². The summed E-state index contributed by atoms with van der Waals surface area (Å²) in [5, 5.41) is 3.00. The Kier molecular flexibility index (Phi) is 6.40. The van der Waals surface area contributed by atoms with Crippen molar-refractivity contribution in [3.8, 4) is 0 Å². The van der Waals surface area contributed by atoms with Gasteiger partial charge in [-0.3, -0.25) is 9.69 Å². The number of rotatable bonds is 7. The third-order valence-corrected chi connectivity index (χ3v) is 4.32. The van der Waals surface area contributed by atoms with Gasteiger partial charge in [-0.15, -0.1) is 0 Å². The summed E-state index contributed by atoms with van der Waals surface area (Å²) >= 11 is 1.57. The molecule has 2 rings (SSSR count). The maximum atomic E-state index is 11.4. The number of hydrogen-bond acceptors (Lipinski definition) is 3. The fourth-order valence-electron chi connectivity index (χ4n) is 2.73. The zero-order valence-corrected chi connectivity index (χ0v) is 13.0. The lowest BCUT2D eigenvalue weighted by molar-refractivity contribution is -0.118. The molecule has 1 aromatic carbocycles. The lowest BCUT2D eigenvalue weighted by Gasteiger charge is -2.16. The Morgan fingerprint density at radius 2 is 2.20 bits per heavy atom. The van der Waals surface area contributed by atoms with Gasteiger partial charge in [0.2, 0.25) is 5.91 Å². The van der Waals surface area contributed by atoms with E-state index in [-0.39, 0.29) is 5.91 Å². The molecule has 1 fully saturated rings. The maximum absolute atomic E-state index is 11.4. The quantitative estimate of drug-likeness (QED) is 0.837. The van der Waals surface area contributed by atoms with Gasteiger partial charge in [0.1, 0.15) is 0 Å². The minimum Gasteiger partial charge on any atom is -0.355 e. The van der Waals surface area contributed by atoms with E-state index < -0.39 is 0 Å². The Hall–Kier alpha value is -1.00. The minimum absolute atomic E-state index is 0.164. The summed E-state index contributed by atoms with van der Waals surface area (Å²) in [6, 6.07) is 10.6. The second kappa shape index (κ2) is 8.32. The Labute approximate surface area is 126 Å².